The van der Waals surface area contributed by atoms with Crippen LogP contribution in [0.5, 0.6) is 5.75 Å². The van der Waals surface area contributed by atoms with Gasteiger partial charge in [-0.05, 0) is 47.5 Å². The molecule has 2 heterocycles. The summed E-state index contributed by atoms with van der Waals surface area (Å²) in [6.07, 6.45) is 3.46. The van der Waals surface area contributed by atoms with Crippen molar-refractivity contribution in [2.75, 3.05) is 7.05 Å². The molecule has 0 atom stereocenters. The molecule has 2 aromatic heterocycles. The Kier molecular flexibility index (Phi) is 5.65. The lowest BCUT2D eigenvalue weighted by molar-refractivity contribution is 0.0773. The van der Waals surface area contributed by atoms with Crippen LogP contribution < -0.4 is 4.74 Å². The molecule has 0 spiro atoms. The van der Waals surface area contributed by atoms with Crippen molar-refractivity contribution >= 4 is 21.8 Å². The Hall–Kier alpha value is -2.61. The second-order valence-corrected chi connectivity index (χ2v) is 7.36. The summed E-state index contributed by atoms with van der Waals surface area (Å²) in [5, 5.41) is 8.50. The van der Waals surface area contributed by atoms with E-state index in [9.17, 15) is 4.79 Å². The molecule has 0 unspecified atom stereocenters. The second kappa shape index (κ2) is 7.96. The maximum atomic E-state index is 12.6. The third kappa shape index (κ3) is 4.39. The van der Waals surface area contributed by atoms with Gasteiger partial charge in [-0.25, -0.2) is 4.68 Å². The number of nitrogens with zero attached hydrogens (tertiary/aromatic N) is 5. The molecule has 1 amide bonds. The third-order valence-corrected chi connectivity index (χ3v) is 4.95. The van der Waals surface area contributed by atoms with Gasteiger partial charge in [0.05, 0.1) is 22.9 Å². The Balaban J connectivity index is 1.63. The van der Waals surface area contributed by atoms with Crippen molar-refractivity contribution in [1.29, 1.82) is 0 Å². The number of amides is 1. The maximum absolute atomic E-state index is 12.6. The van der Waals surface area contributed by atoms with E-state index in [1.165, 1.54) is 5.56 Å². The van der Waals surface area contributed by atoms with Crippen LogP contribution in [-0.4, -0.2) is 37.4 Å². The first-order chi connectivity index (χ1) is 12.8. The van der Waals surface area contributed by atoms with E-state index in [4.69, 9.17) is 4.74 Å². The van der Waals surface area contributed by atoms with Crippen LogP contribution in [-0.2, 0) is 20.3 Å². The number of carbonyl (C=O) groups is 1. The van der Waals surface area contributed by atoms with Gasteiger partial charge in [0, 0.05) is 20.3 Å². The molecule has 27 heavy (non-hydrogen) atoms. The van der Waals surface area contributed by atoms with Gasteiger partial charge >= 0.3 is 0 Å². The number of halogens is 1. The maximum Gasteiger partial charge on any atom is 0.274 e. The standard InChI is InChI=1S/C19H22BrN5O2/c1-13-5-6-18(14(2)9-13)27-12-25-8-7-16(22-25)19(26)23(3)11-17-15(20)10-21-24(17)4/h5-10H,11-12H2,1-4H3. The average Bonchev–Trinajstić information content (AvgIpc) is 3.22. The van der Waals surface area contributed by atoms with Gasteiger partial charge in [-0.2, -0.15) is 10.2 Å². The summed E-state index contributed by atoms with van der Waals surface area (Å²) in [4.78, 5) is 14.2. The van der Waals surface area contributed by atoms with E-state index in [0.717, 1.165) is 21.5 Å². The molecule has 0 fully saturated rings. The van der Waals surface area contributed by atoms with Crippen molar-refractivity contribution in [3.63, 3.8) is 0 Å². The molecule has 7 nitrogen and oxygen atoms in total. The van der Waals surface area contributed by atoms with Gasteiger partial charge in [0.1, 0.15) is 5.75 Å². The molecule has 0 saturated carbocycles. The summed E-state index contributed by atoms with van der Waals surface area (Å²) in [6, 6.07) is 7.72. The molecular weight excluding hydrogens is 410 g/mol. The van der Waals surface area contributed by atoms with Gasteiger partial charge in [-0.3, -0.25) is 9.48 Å². The van der Waals surface area contributed by atoms with Crippen molar-refractivity contribution in [2.24, 2.45) is 7.05 Å². The Morgan fingerprint density at radius 3 is 2.74 bits per heavy atom. The summed E-state index contributed by atoms with van der Waals surface area (Å²) in [7, 11) is 3.59. The molecule has 0 bridgehead atoms. The van der Waals surface area contributed by atoms with Gasteiger partial charge in [-0.15, -0.1) is 0 Å². The summed E-state index contributed by atoms with van der Waals surface area (Å²) in [6.45, 7) is 4.73. The third-order valence-electron chi connectivity index (χ3n) is 4.29. The second-order valence-electron chi connectivity index (χ2n) is 6.51. The smallest absolute Gasteiger partial charge is 0.274 e. The van der Waals surface area contributed by atoms with Gasteiger partial charge in [0.2, 0.25) is 0 Å². The zero-order chi connectivity index (χ0) is 19.6. The van der Waals surface area contributed by atoms with E-state index in [0.29, 0.717) is 12.2 Å². The lowest BCUT2D eigenvalue weighted by Gasteiger charge is -2.16. The first kappa shape index (κ1) is 19.2. The van der Waals surface area contributed by atoms with Crippen LogP contribution in [0.2, 0.25) is 0 Å². The van der Waals surface area contributed by atoms with E-state index >= 15 is 0 Å². The van der Waals surface area contributed by atoms with E-state index in [-0.39, 0.29) is 12.6 Å². The van der Waals surface area contributed by atoms with Crippen molar-refractivity contribution in [3.05, 3.63) is 63.6 Å². The number of hydrogen-bond donors (Lipinski definition) is 0. The minimum atomic E-state index is -0.159. The molecule has 0 saturated heterocycles. The monoisotopic (exact) mass is 431 g/mol. The highest BCUT2D eigenvalue weighted by molar-refractivity contribution is 9.10. The predicted octanol–water partition coefficient (Wildman–Crippen LogP) is 3.30. The Morgan fingerprint density at radius 1 is 1.30 bits per heavy atom. The fourth-order valence-corrected chi connectivity index (χ4v) is 3.22. The largest absolute Gasteiger partial charge is 0.471 e. The zero-order valence-corrected chi connectivity index (χ0v) is 17.4. The molecule has 8 heteroatoms. The minimum absolute atomic E-state index is 0.159. The number of rotatable bonds is 6. The van der Waals surface area contributed by atoms with Gasteiger partial charge in [-0.1, -0.05) is 17.7 Å². The lowest BCUT2D eigenvalue weighted by atomic mass is 10.1. The predicted molar refractivity (Wildman–Crippen MR) is 105 cm³/mol. The highest BCUT2D eigenvalue weighted by Crippen LogP contribution is 2.19. The molecule has 0 aliphatic carbocycles. The highest BCUT2D eigenvalue weighted by Gasteiger charge is 2.18. The number of hydrogen-bond acceptors (Lipinski definition) is 4. The Bertz CT molecular complexity index is 943. The SMILES string of the molecule is Cc1ccc(OCn2ccc(C(=O)N(C)Cc3c(Br)cnn3C)n2)c(C)c1. The Labute approximate surface area is 166 Å². The summed E-state index contributed by atoms with van der Waals surface area (Å²) < 4.78 is 10.0. The van der Waals surface area contributed by atoms with E-state index < -0.39 is 0 Å². The molecule has 1 aromatic carbocycles. The molecule has 3 aromatic rings. The lowest BCUT2D eigenvalue weighted by Crippen LogP contribution is -2.28. The molecular formula is C19H22BrN5O2. The van der Waals surface area contributed by atoms with Gasteiger partial charge in [0.25, 0.3) is 5.91 Å². The summed E-state index contributed by atoms with van der Waals surface area (Å²) in [5.41, 5.74) is 3.55. The van der Waals surface area contributed by atoms with E-state index in [1.807, 2.05) is 33.0 Å². The van der Waals surface area contributed by atoms with Crippen molar-refractivity contribution in [3.8, 4) is 5.75 Å². The Morgan fingerprint density at radius 2 is 2.07 bits per heavy atom. The topological polar surface area (TPSA) is 65.2 Å². The molecule has 0 aliphatic rings. The quantitative estimate of drug-likeness (QED) is 0.600. The van der Waals surface area contributed by atoms with Crippen LogP contribution in [0, 0.1) is 13.8 Å². The normalized spacial score (nSPS) is 10.9. The van der Waals surface area contributed by atoms with Crippen LogP contribution in [0.4, 0.5) is 0 Å². The number of carbonyl (C=O) groups excluding carboxylic acids is 1. The van der Waals surface area contributed by atoms with E-state index in [2.05, 4.69) is 32.2 Å². The molecule has 3 rings (SSSR count). The number of benzene rings is 1. The first-order valence-electron chi connectivity index (χ1n) is 8.50. The fraction of sp³-hybridized carbons (Fsp3) is 0.316. The highest BCUT2D eigenvalue weighted by atomic mass is 79.9. The molecule has 0 radical (unpaired) electrons. The zero-order valence-electron chi connectivity index (χ0n) is 15.8. The van der Waals surface area contributed by atoms with E-state index in [1.54, 1.807) is 39.8 Å². The van der Waals surface area contributed by atoms with Crippen molar-refractivity contribution in [2.45, 2.75) is 27.1 Å². The minimum Gasteiger partial charge on any atom is -0.471 e. The number of aromatic nitrogens is 4. The number of aryl methyl sites for hydroxylation is 3. The summed E-state index contributed by atoms with van der Waals surface area (Å²) >= 11 is 3.45. The van der Waals surface area contributed by atoms with Crippen molar-refractivity contribution in [1.82, 2.24) is 24.5 Å². The van der Waals surface area contributed by atoms with Gasteiger partial charge < -0.3 is 9.64 Å². The average molecular weight is 432 g/mol. The van der Waals surface area contributed by atoms with Crippen LogP contribution >= 0.6 is 15.9 Å². The fourth-order valence-electron chi connectivity index (χ4n) is 2.75. The molecule has 0 aliphatic heterocycles. The van der Waals surface area contributed by atoms with Crippen LogP contribution in [0.3, 0.4) is 0 Å². The summed E-state index contributed by atoms with van der Waals surface area (Å²) in [5.74, 6) is 0.649. The van der Waals surface area contributed by atoms with Crippen LogP contribution in [0.25, 0.3) is 0 Å². The molecule has 142 valence electrons. The van der Waals surface area contributed by atoms with Gasteiger partial charge in [0.15, 0.2) is 12.4 Å². The molecule has 0 N–H and O–H groups in total. The van der Waals surface area contributed by atoms with Crippen molar-refractivity contribution < 1.29 is 9.53 Å². The van der Waals surface area contributed by atoms with Crippen LogP contribution in [0.1, 0.15) is 27.3 Å². The first-order valence-corrected chi connectivity index (χ1v) is 9.30. The van der Waals surface area contributed by atoms with Crippen LogP contribution in [0.15, 0.2) is 41.1 Å². The number of ether oxygens (including phenoxy) is 1.